The van der Waals surface area contributed by atoms with Crippen molar-refractivity contribution in [3.8, 4) is 0 Å². The van der Waals surface area contributed by atoms with Crippen molar-refractivity contribution < 1.29 is 9.59 Å². The van der Waals surface area contributed by atoms with Crippen LogP contribution in [0.25, 0.3) is 0 Å². The number of Topliss-reactive ketones (excluding diaryl/α,β-unsaturated/α-hetero) is 1. The zero-order chi connectivity index (χ0) is 8.43. The minimum Gasteiger partial charge on any atom is -0.303 e. The zero-order valence-electron chi connectivity index (χ0n) is 7.04. The smallest absolute Gasteiger partial charge is 0.143 e. The van der Waals surface area contributed by atoms with Gasteiger partial charge in [-0.05, 0) is 18.3 Å². The summed E-state index contributed by atoms with van der Waals surface area (Å²) in [5.41, 5.74) is 0. The van der Waals surface area contributed by atoms with E-state index >= 15 is 0 Å². The van der Waals surface area contributed by atoms with Crippen molar-refractivity contribution >= 4 is 12.1 Å². The fraction of sp³-hybridized carbons (Fsp3) is 0.778. The van der Waals surface area contributed by atoms with Crippen LogP contribution >= 0.6 is 0 Å². The maximum Gasteiger partial charge on any atom is 0.143 e. The molecule has 1 aliphatic rings. The Labute approximate surface area is 67.0 Å². The van der Waals surface area contributed by atoms with Gasteiger partial charge in [-0.25, -0.2) is 0 Å². The molecule has 0 aliphatic heterocycles. The second-order valence-corrected chi connectivity index (χ2v) is 3.60. The number of hydrogen-bond acceptors (Lipinski definition) is 2. The maximum atomic E-state index is 11.2. The molecule has 1 saturated carbocycles. The molecule has 0 aromatic heterocycles. The van der Waals surface area contributed by atoms with Crippen molar-refractivity contribution in [3.63, 3.8) is 0 Å². The first-order valence-electron chi connectivity index (χ1n) is 4.13. The molecule has 3 unspecified atom stereocenters. The number of carbonyl (C=O) groups is 2. The van der Waals surface area contributed by atoms with Gasteiger partial charge in [0, 0.05) is 6.42 Å². The molecule has 1 rings (SSSR count). The quantitative estimate of drug-likeness (QED) is 0.423. The average molecular weight is 154 g/mol. The predicted octanol–water partition coefficient (Wildman–Crippen LogP) is 1.44. The molecular formula is C9H14O2. The summed E-state index contributed by atoms with van der Waals surface area (Å²) in [6, 6.07) is 0. The third-order valence-corrected chi connectivity index (χ3v) is 2.70. The SMILES string of the molecule is CC1CC(=O)C(C=O)CC1C. The molecule has 0 saturated heterocycles. The molecule has 3 atom stereocenters. The van der Waals surface area contributed by atoms with E-state index in [-0.39, 0.29) is 11.7 Å². The molecule has 0 heterocycles. The Morgan fingerprint density at radius 1 is 1.36 bits per heavy atom. The lowest BCUT2D eigenvalue weighted by Crippen LogP contribution is -2.30. The summed E-state index contributed by atoms with van der Waals surface area (Å²) in [5.74, 6) is 0.799. The van der Waals surface area contributed by atoms with Crippen LogP contribution in [-0.2, 0) is 9.59 Å². The summed E-state index contributed by atoms with van der Waals surface area (Å²) in [6.07, 6.45) is 2.14. The molecule has 2 heteroatoms. The van der Waals surface area contributed by atoms with Crippen LogP contribution in [0.5, 0.6) is 0 Å². The fourth-order valence-electron chi connectivity index (χ4n) is 1.57. The Morgan fingerprint density at radius 3 is 2.55 bits per heavy atom. The molecule has 62 valence electrons. The van der Waals surface area contributed by atoms with E-state index < -0.39 is 0 Å². The molecule has 1 fully saturated rings. The highest BCUT2D eigenvalue weighted by Crippen LogP contribution is 2.29. The van der Waals surface area contributed by atoms with Gasteiger partial charge in [0.05, 0.1) is 5.92 Å². The number of carbonyl (C=O) groups excluding carboxylic acids is 2. The van der Waals surface area contributed by atoms with Gasteiger partial charge in [0.25, 0.3) is 0 Å². The van der Waals surface area contributed by atoms with E-state index in [0.29, 0.717) is 18.3 Å². The van der Waals surface area contributed by atoms with Gasteiger partial charge >= 0.3 is 0 Å². The van der Waals surface area contributed by atoms with Crippen molar-refractivity contribution in [2.45, 2.75) is 26.7 Å². The lowest BCUT2D eigenvalue weighted by Gasteiger charge is -2.27. The highest BCUT2D eigenvalue weighted by Gasteiger charge is 2.30. The lowest BCUT2D eigenvalue weighted by atomic mass is 9.76. The fourth-order valence-corrected chi connectivity index (χ4v) is 1.57. The number of ketones is 1. The van der Waals surface area contributed by atoms with E-state index in [9.17, 15) is 9.59 Å². The van der Waals surface area contributed by atoms with Crippen molar-refractivity contribution in [2.24, 2.45) is 17.8 Å². The lowest BCUT2D eigenvalue weighted by molar-refractivity contribution is -0.131. The van der Waals surface area contributed by atoms with E-state index in [1.165, 1.54) is 0 Å². The molecule has 0 amide bonds. The molecular weight excluding hydrogens is 140 g/mol. The standard InChI is InChI=1S/C9H14O2/c1-6-3-8(5-10)9(11)4-7(6)2/h5-8H,3-4H2,1-2H3. The largest absolute Gasteiger partial charge is 0.303 e. The highest BCUT2D eigenvalue weighted by atomic mass is 16.1. The number of hydrogen-bond donors (Lipinski definition) is 0. The molecule has 2 nitrogen and oxygen atoms in total. The van der Waals surface area contributed by atoms with E-state index in [0.717, 1.165) is 12.7 Å². The van der Waals surface area contributed by atoms with Gasteiger partial charge in [0.2, 0.25) is 0 Å². The van der Waals surface area contributed by atoms with Crippen LogP contribution in [0.15, 0.2) is 0 Å². The Morgan fingerprint density at radius 2 is 2.00 bits per heavy atom. The van der Waals surface area contributed by atoms with Crippen LogP contribution in [0.2, 0.25) is 0 Å². The van der Waals surface area contributed by atoms with Crippen LogP contribution in [0.3, 0.4) is 0 Å². The van der Waals surface area contributed by atoms with Crippen LogP contribution in [0.1, 0.15) is 26.7 Å². The van der Waals surface area contributed by atoms with E-state index in [4.69, 9.17) is 0 Å². The summed E-state index contributed by atoms with van der Waals surface area (Å²) in [7, 11) is 0. The van der Waals surface area contributed by atoms with Gasteiger partial charge < -0.3 is 4.79 Å². The van der Waals surface area contributed by atoms with Crippen LogP contribution in [0.4, 0.5) is 0 Å². The van der Waals surface area contributed by atoms with Crippen LogP contribution in [-0.4, -0.2) is 12.1 Å². The molecule has 0 bridgehead atoms. The Bertz CT molecular complexity index is 174. The molecule has 0 spiro atoms. The monoisotopic (exact) mass is 154 g/mol. The van der Waals surface area contributed by atoms with Crippen molar-refractivity contribution in [2.75, 3.05) is 0 Å². The first kappa shape index (κ1) is 8.44. The molecule has 0 aromatic rings. The highest BCUT2D eigenvalue weighted by molar-refractivity contribution is 5.93. The van der Waals surface area contributed by atoms with Gasteiger partial charge in [0.15, 0.2) is 0 Å². The van der Waals surface area contributed by atoms with Crippen molar-refractivity contribution in [1.82, 2.24) is 0 Å². The Balaban J connectivity index is 2.61. The third-order valence-electron chi connectivity index (χ3n) is 2.70. The molecule has 0 N–H and O–H groups in total. The van der Waals surface area contributed by atoms with E-state index in [2.05, 4.69) is 13.8 Å². The maximum absolute atomic E-state index is 11.2. The van der Waals surface area contributed by atoms with Gasteiger partial charge in [-0.15, -0.1) is 0 Å². The zero-order valence-corrected chi connectivity index (χ0v) is 7.04. The van der Waals surface area contributed by atoms with Gasteiger partial charge in [0.1, 0.15) is 12.1 Å². The first-order valence-corrected chi connectivity index (χ1v) is 4.13. The van der Waals surface area contributed by atoms with Gasteiger partial charge in [-0.3, -0.25) is 4.79 Å². The minimum atomic E-state index is -0.304. The van der Waals surface area contributed by atoms with Crippen molar-refractivity contribution in [3.05, 3.63) is 0 Å². The summed E-state index contributed by atoms with van der Waals surface area (Å²) in [6.45, 7) is 4.18. The average Bonchev–Trinajstić information content (AvgIpc) is 1.97. The molecule has 0 aromatic carbocycles. The Hall–Kier alpha value is -0.660. The van der Waals surface area contributed by atoms with Crippen LogP contribution < -0.4 is 0 Å². The van der Waals surface area contributed by atoms with Crippen molar-refractivity contribution in [1.29, 1.82) is 0 Å². The summed E-state index contributed by atoms with van der Waals surface area (Å²) >= 11 is 0. The molecule has 1 aliphatic carbocycles. The normalized spacial score (nSPS) is 38.7. The summed E-state index contributed by atoms with van der Waals surface area (Å²) in [5, 5.41) is 0. The van der Waals surface area contributed by atoms with Crippen LogP contribution in [0, 0.1) is 17.8 Å². The summed E-state index contributed by atoms with van der Waals surface area (Å²) < 4.78 is 0. The van der Waals surface area contributed by atoms with Gasteiger partial charge in [-0.2, -0.15) is 0 Å². The van der Waals surface area contributed by atoms with Gasteiger partial charge in [-0.1, -0.05) is 13.8 Å². The first-order chi connectivity index (χ1) is 5.15. The third kappa shape index (κ3) is 1.67. The number of aldehydes is 1. The molecule has 11 heavy (non-hydrogen) atoms. The summed E-state index contributed by atoms with van der Waals surface area (Å²) in [4.78, 5) is 21.6. The number of rotatable bonds is 1. The van der Waals surface area contributed by atoms with E-state index in [1.807, 2.05) is 0 Å². The molecule has 0 radical (unpaired) electrons. The Kier molecular flexibility index (Phi) is 2.42. The minimum absolute atomic E-state index is 0.130. The van der Waals surface area contributed by atoms with E-state index in [1.54, 1.807) is 0 Å². The second-order valence-electron chi connectivity index (χ2n) is 3.60. The predicted molar refractivity (Wildman–Crippen MR) is 42.1 cm³/mol. The second kappa shape index (κ2) is 3.16. The topological polar surface area (TPSA) is 34.1 Å².